The number of amides is 1. The average molecular weight is 395 g/mol. The molecule has 0 unspecified atom stereocenters. The minimum atomic E-state index is -4.55. The molecule has 28 heavy (non-hydrogen) atoms. The number of benzene rings is 1. The lowest BCUT2D eigenvalue weighted by atomic mass is 9.90. The van der Waals surface area contributed by atoms with Crippen molar-refractivity contribution in [3.8, 4) is 0 Å². The Labute approximate surface area is 159 Å². The number of hydrogen-bond donors (Lipinski definition) is 1. The maximum absolute atomic E-state index is 13.1. The number of alkyl halides is 3. The van der Waals surface area contributed by atoms with Crippen molar-refractivity contribution in [2.45, 2.75) is 32.5 Å². The van der Waals surface area contributed by atoms with Crippen LogP contribution in [0.2, 0.25) is 0 Å². The van der Waals surface area contributed by atoms with E-state index in [1.807, 2.05) is 13.0 Å². The van der Waals surface area contributed by atoms with Gasteiger partial charge in [0, 0.05) is 17.5 Å². The third-order valence-electron chi connectivity index (χ3n) is 4.89. The number of aromatic nitrogens is 2. The van der Waals surface area contributed by atoms with Crippen LogP contribution in [-0.2, 0) is 27.3 Å². The number of methoxy groups -OCH3 is 1. The summed E-state index contributed by atoms with van der Waals surface area (Å²) >= 11 is 0. The number of aromatic amines is 1. The zero-order chi connectivity index (χ0) is 20.6. The smallest absolute Gasteiger partial charge is 0.406 e. The van der Waals surface area contributed by atoms with Crippen LogP contribution in [0, 0.1) is 5.92 Å². The molecule has 9 heteroatoms. The van der Waals surface area contributed by atoms with Crippen molar-refractivity contribution in [2.75, 3.05) is 13.7 Å². The lowest BCUT2D eigenvalue weighted by molar-refractivity contribution is -0.165. The molecule has 1 aromatic heterocycles. The summed E-state index contributed by atoms with van der Waals surface area (Å²) in [5.41, 5.74) is 3.50. The monoisotopic (exact) mass is 395 g/mol. The quantitative estimate of drug-likeness (QED) is 0.807. The molecule has 2 aromatic rings. The number of fused-ring (bicyclic) bond motifs is 3. The predicted molar refractivity (Wildman–Crippen MR) is 96.1 cm³/mol. The number of esters is 1. The highest BCUT2D eigenvalue weighted by molar-refractivity contribution is 5.94. The standard InChI is InChI=1S/C19H20F3N3O3/c1-10(2)13-5-11-4-12(6-16(26)28-3)18(27)25(9-19(20,21)22)8-15(11)14-7-23-24-17(13)14/h5,7,12H,1,4,6,8-9H2,2-3H3,(H,23,24)/t12-/m0/s1. The largest absolute Gasteiger partial charge is 0.469 e. The Kier molecular flexibility index (Phi) is 5.18. The third kappa shape index (κ3) is 3.88. The number of H-pyrrole nitrogens is 1. The number of nitrogens with zero attached hydrogens (tertiary/aromatic N) is 2. The van der Waals surface area contributed by atoms with E-state index in [0.29, 0.717) is 22.0 Å². The van der Waals surface area contributed by atoms with Gasteiger partial charge in [0.1, 0.15) is 6.54 Å². The van der Waals surface area contributed by atoms with Crippen LogP contribution in [-0.4, -0.2) is 46.8 Å². The minimum Gasteiger partial charge on any atom is -0.469 e. The molecular formula is C19H20F3N3O3. The summed E-state index contributed by atoms with van der Waals surface area (Å²) < 4.78 is 43.9. The van der Waals surface area contributed by atoms with Gasteiger partial charge in [-0.15, -0.1) is 0 Å². The zero-order valence-electron chi connectivity index (χ0n) is 15.5. The summed E-state index contributed by atoms with van der Waals surface area (Å²) in [7, 11) is 1.18. The SMILES string of the molecule is C=C(C)c1cc2c(c3cn[nH]c13)CN(CC(F)(F)F)C(=O)[C@H](CC(=O)OC)C2. The van der Waals surface area contributed by atoms with E-state index in [0.717, 1.165) is 16.0 Å². The van der Waals surface area contributed by atoms with E-state index in [2.05, 4.69) is 21.5 Å². The van der Waals surface area contributed by atoms with Crippen LogP contribution in [0.5, 0.6) is 0 Å². The molecule has 0 bridgehead atoms. The van der Waals surface area contributed by atoms with Crippen LogP contribution in [0.4, 0.5) is 13.2 Å². The molecule has 0 saturated carbocycles. The number of carbonyl (C=O) groups excluding carboxylic acids is 2. The van der Waals surface area contributed by atoms with Gasteiger partial charge in [-0.25, -0.2) is 0 Å². The first-order valence-electron chi connectivity index (χ1n) is 8.66. The van der Waals surface area contributed by atoms with Crippen LogP contribution in [0.15, 0.2) is 18.8 Å². The lowest BCUT2D eigenvalue weighted by Crippen LogP contribution is -2.41. The second-order valence-corrected chi connectivity index (χ2v) is 6.99. The third-order valence-corrected chi connectivity index (χ3v) is 4.89. The highest BCUT2D eigenvalue weighted by Gasteiger charge is 2.39. The highest BCUT2D eigenvalue weighted by atomic mass is 19.4. The highest BCUT2D eigenvalue weighted by Crippen LogP contribution is 2.35. The van der Waals surface area contributed by atoms with Crippen molar-refractivity contribution in [3.63, 3.8) is 0 Å². The van der Waals surface area contributed by atoms with Gasteiger partial charge in [0.25, 0.3) is 0 Å². The molecule has 1 aliphatic rings. The van der Waals surface area contributed by atoms with Gasteiger partial charge in [-0.2, -0.15) is 18.3 Å². The zero-order valence-corrected chi connectivity index (χ0v) is 15.5. The molecule has 1 atom stereocenters. The maximum Gasteiger partial charge on any atom is 0.406 e. The van der Waals surface area contributed by atoms with E-state index in [-0.39, 0.29) is 19.4 Å². The molecule has 150 valence electrons. The van der Waals surface area contributed by atoms with Crippen LogP contribution in [0.3, 0.4) is 0 Å². The minimum absolute atomic E-state index is 0.138. The summed E-state index contributed by atoms with van der Waals surface area (Å²) in [5, 5.41) is 7.52. The number of carbonyl (C=O) groups is 2. The molecule has 0 fully saturated rings. The molecule has 6 nitrogen and oxygen atoms in total. The van der Waals surface area contributed by atoms with E-state index in [9.17, 15) is 22.8 Å². The first-order valence-corrected chi connectivity index (χ1v) is 8.66. The fourth-order valence-electron chi connectivity index (χ4n) is 3.61. The van der Waals surface area contributed by atoms with Crippen molar-refractivity contribution < 1.29 is 27.5 Å². The number of allylic oxidation sites excluding steroid dienone is 1. The Hall–Kier alpha value is -2.84. The summed E-state index contributed by atoms with van der Waals surface area (Å²) in [6, 6.07) is 1.81. The van der Waals surface area contributed by atoms with E-state index < -0.39 is 30.5 Å². The fourth-order valence-corrected chi connectivity index (χ4v) is 3.61. The molecule has 1 amide bonds. The van der Waals surface area contributed by atoms with E-state index in [1.165, 1.54) is 13.3 Å². The Balaban J connectivity index is 2.14. The lowest BCUT2D eigenvalue weighted by Gasteiger charge is -2.25. The van der Waals surface area contributed by atoms with Crippen molar-refractivity contribution in [1.29, 1.82) is 0 Å². The second-order valence-electron chi connectivity index (χ2n) is 6.99. The van der Waals surface area contributed by atoms with Gasteiger partial charge in [0.15, 0.2) is 0 Å². The van der Waals surface area contributed by atoms with E-state index in [4.69, 9.17) is 0 Å². The van der Waals surface area contributed by atoms with Crippen molar-refractivity contribution in [1.82, 2.24) is 15.1 Å². The first kappa shape index (κ1) is 19.9. The number of nitrogens with one attached hydrogen (secondary N) is 1. The molecule has 0 radical (unpaired) electrons. The number of halogens is 3. The summed E-state index contributed by atoms with van der Waals surface area (Å²) in [5.74, 6) is -2.29. The van der Waals surface area contributed by atoms with Gasteiger partial charge in [-0.3, -0.25) is 14.7 Å². The Morgan fingerprint density at radius 2 is 2.18 bits per heavy atom. The Morgan fingerprint density at radius 1 is 1.46 bits per heavy atom. The summed E-state index contributed by atoms with van der Waals surface area (Å²) in [6.07, 6.45) is -3.16. The fraction of sp³-hybridized carbons (Fsp3) is 0.421. The van der Waals surface area contributed by atoms with Gasteiger partial charge in [-0.1, -0.05) is 6.58 Å². The molecule has 2 heterocycles. The van der Waals surface area contributed by atoms with Crippen LogP contribution < -0.4 is 0 Å². The van der Waals surface area contributed by atoms with Crippen LogP contribution in [0.25, 0.3) is 16.5 Å². The van der Waals surface area contributed by atoms with Gasteiger partial charge < -0.3 is 9.64 Å². The number of hydrogen-bond acceptors (Lipinski definition) is 4. The van der Waals surface area contributed by atoms with E-state index in [1.54, 1.807) is 0 Å². The Morgan fingerprint density at radius 3 is 2.79 bits per heavy atom. The molecular weight excluding hydrogens is 375 g/mol. The van der Waals surface area contributed by atoms with E-state index >= 15 is 0 Å². The van der Waals surface area contributed by atoms with Crippen LogP contribution >= 0.6 is 0 Å². The first-order chi connectivity index (χ1) is 13.1. The van der Waals surface area contributed by atoms with Gasteiger partial charge in [0.2, 0.25) is 5.91 Å². The van der Waals surface area contributed by atoms with Gasteiger partial charge in [0.05, 0.1) is 31.2 Å². The summed E-state index contributed by atoms with van der Waals surface area (Å²) in [6.45, 7) is 4.15. The van der Waals surface area contributed by atoms with Gasteiger partial charge >= 0.3 is 12.1 Å². The Bertz CT molecular complexity index is 949. The van der Waals surface area contributed by atoms with Crippen molar-refractivity contribution >= 4 is 28.4 Å². The molecule has 0 aliphatic carbocycles. The molecule has 0 spiro atoms. The van der Waals surface area contributed by atoms with Crippen LogP contribution in [0.1, 0.15) is 30.0 Å². The second kappa shape index (κ2) is 7.29. The number of ether oxygens (including phenoxy) is 1. The molecule has 1 aromatic carbocycles. The predicted octanol–water partition coefficient (Wildman–Crippen LogP) is 3.22. The average Bonchev–Trinajstić information content (AvgIpc) is 3.05. The molecule has 1 aliphatic heterocycles. The van der Waals surface area contributed by atoms with Crippen molar-refractivity contribution in [3.05, 3.63) is 35.5 Å². The normalized spacial score (nSPS) is 17.4. The maximum atomic E-state index is 13.1. The topological polar surface area (TPSA) is 75.3 Å². The molecule has 0 saturated heterocycles. The molecule has 1 N–H and O–H groups in total. The van der Waals surface area contributed by atoms with Crippen molar-refractivity contribution in [2.24, 2.45) is 5.92 Å². The summed E-state index contributed by atoms with van der Waals surface area (Å²) in [4.78, 5) is 25.3. The molecule has 3 rings (SSSR count). The number of rotatable bonds is 4. The van der Waals surface area contributed by atoms with Gasteiger partial charge in [-0.05, 0) is 36.1 Å².